The number of aromatic carboxylic acids is 1. The molecule has 1 aliphatic rings. The van der Waals surface area contributed by atoms with Crippen LogP contribution in [0.5, 0.6) is 5.75 Å². The average Bonchev–Trinajstić information content (AvgIpc) is 3.06. The highest BCUT2D eigenvalue weighted by Gasteiger charge is 2.17. The number of hydrogen-bond acceptors (Lipinski definition) is 4. The molecule has 1 aromatic carbocycles. The predicted molar refractivity (Wildman–Crippen MR) is 85.2 cm³/mol. The third kappa shape index (κ3) is 3.28. The van der Waals surface area contributed by atoms with E-state index in [0.29, 0.717) is 18.7 Å². The summed E-state index contributed by atoms with van der Waals surface area (Å²) in [5.41, 5.74) is 2.72. The molecule has 1 aliphatic heterocycles. The van der Waals surface area contributed by atoms with Crippen molar-refractivity contribution in [1.82, 2.24) is 5.32 Å². The zero-order valence-electron chi connectivity index (χ0n) is 11.2. The van der Waals surface area contributed by atoms with Crippen molar-refractivity contribution in [2.75, 3.05) is 6.61 Å². The Morgan fingerprint density at radius 2 is 2.24 bits per heavy atom. The summed E-state index contributed by atoms with van der Waals surface area (Å²) in [6.45, 7) is 2.09. The quantitative estimate of drug-likeness (QED) is 0.849. The Balaban J connectivity index is 1.64. The summed E-state index contributed by atoms with van der Waals surface area (Å²) in [4.78, 5) is 11.9. The second-order valence-corrected chi connectivity index (χ2v) is 6.77. The second kappa shape index (κ2) is 6.17. The molecule has 2 aromatic rings. The van der Waals surface area contributed by atoms with E-state index in [2.05, 4.69) is 33.4 Å². The molecule has 0 saturated heterocycles. The molecule has 2 heterocycles. The van der Waals surface area contributed by atoms with Gasteiger partial charge in [-0.1, -0.05) is 15.9 Å². The van der Waals surface area contributed by atoms with Crippen molar-refractivity contribution in [1.29, 1.82) is 0 Å². The molecule has 110 valence electrons. The van der Waals surface area contributed by atoms with E-state index in [0.717, 1.165) is 33.7 Å². The van der Waals surface area contributed by atoms with E-state index in [-0.39, 0.29) is 0 Å². The Bertz CT molecular complexity index is 684. The van der Waals surface area contributed by atoms with Crippen LogP contribution >= 0.6 is 27.3 Å². The van der Waals surface area contributed by atoms with Crippen LogP contribution in [0.1, 0.15) is 26.4 Å². The smallest absolute Gasteiger partial charge is 0.336 e. The molecular formula is C15H14BrNO3S. The van der Waals surface area contributed by atoms with E-state index in [1.54, 1.807) is 11.4 Å². The minimum absolute atomic E-state index is 0.350. The molecule has 0 bridgehead atoms. The maximum absolute atomic E-state index is 10.8. The van der Waals surface area contributed by atoms with Gasteiger partial charge >= 0.3 is 5.97 Å². The van der Waals surface area contributed by atoms with Gasteiger partial charge in [0.15, 0.2) is 0 Å². The molecule has 0 amide bonds. The highest BCUT2D eigenvalue weighted by molar-refractivity contribution is 9.10. The number of fused-ring (bicyclic) bond motifs is 1. The van der Waals surface area contributed by atoms with Gasteiger partial charge in [0, 0.05) is 39.8 Å². The Labute approximate surface area is 134 Å². The van der Waals surface area contributed by atoms with Gasteiger partial charge in [0.2, 0.25) is 0 Å². The van der Waals surface area contributed by atoms with Gasteiger partial charge in [-0.3, -0.25) is 0 Å². The van der Waals surface area contributed by atoms with Gasteiger partial charge in [0.25, 0.3) is 0 Å². The van der Waals surface area contributed by atoms with Crippen molar-refractivity contribution in [3.63, 3.8) is 0 Å². The van der Waals surface area contributed by atoms with Crippen LogP contribution in [0.25, 0.3) is 0 Å². The minimum atomic E-state index is -0.879. The van der Waals surface area contributed by atoms with Crippen molar-refractivity contribution in [2.24, 2.45) is 0 Å². The van der Waals surface area contributed by atoms with Gasteiger partial charge in [-0.25, -0.2) is 4.79 Å². The summed E-state index contributed by atoms with van der Waals surface area (Å²) in [6.07, 6.45) is 0.953. The van der Waals surface area contributed by atoms with Crippen molar-refractivity contribution < 1.29 is 14.6 Å². The first-order valence-electron chi connectivity index (χ1n) is 6.59. The maximum atomic E-state index is 10.8. The van der Waals surface area contributed by atoms with Crippen molar-refractivity contribution >= 4 is 33.2 Å². The van der Waals surface area contributed by atoms with Crippen molar-refractivity contribution in [2.45, 2.75) is 19.5 Å². The molecule has 0 saturated carbocycles. The van der Waals surface area contributed by atoms with Crippen LogP contribution in [-0.4, -0.2) is 17.7 Å². The Morgan fingerprint density at radius 3 is 3.00 bits per heavy atom. The Hall–Kier alpha value is -1.37. The summed E-state index contributed by atoms with van der Waals surface area (Å²) >= 11 is 4.98. The van der Waals surface area contributed by atoms with Crippen molar-refractivity contribution in [3.05, 3.63) is 49.6 Å². The number of nitrogens with one attached hydrogen (secondary N) is 1. The normalized spacial score (nSPS) is 13.0. The molecule has 0 spiro atoms. The molecule has 6 heteroatoms. The first kappa shape index (κ1) is 14.6. The molecule has 3 rings (SSSR count). The molecule has 0 atom stereocenters. The fraction of sp³-hybridized carbons (Fsp3) is 0.267. The van der Waals surface area contributed by atoms with Gasteiger partial charge < -0.3 is 15.2 Å². The van der Waals surface area contributed by atoms with Crippen LogP contribution in [-0.2, 0) is 19.5 Å². The summed E-state index contributed by atoms with van der Waals surface area (Å²) in [5, 5.41) is 13.9. The lowest BCUT2D eigenvalue weighted by Crippen LogP contribution is -2.12. The molecule has 21 heavy (non-hydrogen) atoms. The molecule has 1 aromatic heterocycles. The van der Waals surface area contributed by atoms with Crippen LogP contribution in [0.2, 0.25) is 0 Å². The molecule has 2 N–H and O–H groups in total. The molecule has 0 aliphatic carbocycles. The third-order valence-corrected chi connectivity index (χ3v) is 4.74. The number of carboxylic acid groups (broad SMARTS) is 1. The van der Waals surface area contributed by atoms with E-state index >= 15 is 0 Å². The lowest BCUT2D eigenvalue weighted by Gasteiger charge is -2.09. The fourth-order valence-electron chi connectivity index (χ4n) is 2.38. The van der Waals surface area contributed by atoms with E-state index < -0.39 is 5.97 Å². The number of carbonyl (C=O) groups is 1. The first-order valence-corrected chi connectivity index (χ1v) is 8.26. The first-order chi connectivity index (χ1) is 10.1. The van der Waals surface area contributed by atoms with E-state index in [4.69, 9.17) is 9.84 Å². The Morgan fingerprint density at radius 1 is 1.38 bits per heavy atom. The number of benzene rings is 1. The molecular weight excluding hydrogens is 354 g/mol. The average molecular weight is 368 g/mol. The largest absolute Gasteiger partial charge is 0.493 e. The standard InChI is InChI=1S/C15H14BrNO3S/c16-12-3-9-1-2-20-14(9)10(4-12)6-17-7-13-5-11(8-21-13)15(18)19/h3-5,8,17H,1-2,6-7H2,(H,18,19). The zero-order chi connectivity index (χ0) is 14.8. The molecule has 4 nitrogen and oxygen atoms in total. The maximum Gasteiger partial charge on any atom is 0.336 e. The third-order valence-electron chi connectivity index (χ3n) is 3.34. The summed E-state index contributed by atoms with van der Waals surface area (Å²) in [6, 6.07) is 5.88. The lowest BCUT2D eigenvalue weighted by atomic mass is 10.1. The molecule has 0 unspecified atom stereocenters. The van der Waals surface area contributed by atoms with Crippen LogP contribution in [0.4, 0.5) is 0 Å². The number of hydrogen-bond donors (Lipinski definition) is 2. The van der Waals surface area contributed by atoms with Crippen LogP contribution in [0.15, 0.2) is 28.1 Å². The summed E-state index contributed by atoms with van der Waals surface area (Å²) in [5.74, 6) is 0.110. The molecule has 0 fully saturated rings. The minimum Gasteiger partial charge on any atom is -0.493 e. The van der Waals surface area contributed by atoms with E-state index in [1.807, 2.05) is 0 Å². The number of carboxylic acids is 1. The predicted octanol–water partition coefficient (Wildman–Crippen LogP) is 3.43. The highest BCUT2D eigenvalue weighted by Crippen LogP contribution is 2.32. The SMILES string of the molecule is O=C(O)c1csc(CNCc2cc(Br)cc3c2OCC3)c1. The van der Waals surface area contributed by atoms with E-state index in [1.165, 1.54) is 16.9 Å². The number of ether oxygens (including phenoxy) is 1. The lowest BCUT2D eigenvalue weighted by molar-refractivity contribution is 0.0697. The number of thiophene rings is 1. The van der Waals surface area contributed by atoms with Gasteiger partial charge in [0.1, 0.15) is 5.75 Å². The van der Waals surface area contributed by atoms with Gasteiger partial charge in [-0.2, -0.15) is 0 Å². The van der Waals surface area contributed by atoms with E-state index in [9.17, 15) is 4.79 Å². The van der Waals surface area contributed by atoms with Crippen LogP contribution < -0.4 is 10.1 Å². The summed E-state index contributed by atoms with van der Waals surface area (Å²) < 4.78 is 6.75. The highest BCUT2D eigenvalue weighted by atomic mass is 79.9. The van der Waals surface area contributed by atoms with Gasteiger partial charge in [-0.15, -0.1) is 11.3 Å². The fourth-order valence-corrected chi connectivity index (χ4v) is 3.76. The second-order valence-electron chi connectivity index (χ2n) is 4.86. The topological polar surface area (TPSA) is 58.6 Å². The Kier molecular flexibility index (Phi) is 4.28. The van der Waals surface area contributed by atoms with Crippen molar-refractivity contribution in [3.8, 4) is 5.75 Å². The zero-order valence-corrected chi connectivity index (χ0v) is 13.6. The van der Waals surface area contributed by atoms with Gasteiger partial charge in [0.05, 0.1) is 12.2 Å². The number of halogens is 1. The van der Waals surface area contributed by atoms with Crippen LogP contribution in [0, 0.1) is 0 Å². The molecule has 0 radical (unpaired) electrons. The summed E-state index contributed by atoms with van der Waals surface area (Å²) in [7, 11) is 0. The number of rotatable bonds is 5. The monoisotopic (exact) mass is 367 g/mol. The van der Waals surface area contributed by atoms with Crippen LogP contribution in [0.3, 0.4) is 0 Å². The van der Waals surface area contributed by atoms with Gasteiger partial charge in [-0.05, 0) is 23.8 Å².